The summed E-state index contributed by atoms with van der Waals surface area (Å²) in [7, 11) is 0. The Hall–Kier alpha value is -6.10. The molecule has 4 nitrogen and oxygen atoms in total. The molecular weight excluding hydrogens is 512 g/mol. The summed E-state index contributed by atoms with van der Waals surface area (Å²) in [4.78, 5) is 10.1. The summed E-state index contributed by atoms with van der Waals surface area (Å²) in [6.45, 7) is 0. The van der Waals surface area contributed by atoms with E-state index in [1.807, 2.05) is 66.7 Å². The summed E-state index contributed by atoms with van der Waals surface area (Å²) in [5.41, 5.74) is 8.78. The predicted octanol–water partition coefficient (Wildman–Crippen LogP) is 9.19. The number of aromatic nitrogens is 2. The van der Waals surface area contributed by atoms with Crippen molar-refractivity contribution in [1.82, 2.24) is 9.97 Å². The molecule has 6 aromatic carbocycles. The number of benzene rings is 6. The van der Waals surface area contributed by atoms with Gasteiger partial charge in [0.15, 0.2) is 5.82 Å². The number of nitrogens with zero attached hydrogens (tertiary/aromatic N) is 4. The molecule has 0 aliphatic carbocycles. The molecule has 1 heterocycles. The van der Waals surface area contributed by atoms with Gasteiger partial charge in [-0.1, -0.05) is 103 Å². The first-order valence-electron chi connectivity index (χ1n) is 13.6. The minimum atomic E-state index is 0.473. The van der Waals surface area contributed by atoms with Crippen molar-refractivity contribution >= 4 is 21.7 Å². The maximum atomic E-state index is 9.38. The van der Waals surface area contributed by atoms with Crippen molar-refractivity contribution in [3.63, 3.8) is 0 Å². The molecule has 0 bridgehead atoms. The highest BCUT2D eigenvalue weighted by atomic mass is 14.9. The molecule has 0 unspecified atom stereocenters. The van der Waals surface area contributed by atoms with Gasteiger partial charge in [-0.25, -0.2) is 9.97 Å². The van der Waals surface area contributed by atoms with Crippen LogP contribution in [0, 0.1) is 22.7 Å². The lowest BCUT2D eigenvalue weighted by atomic mass is 9.93. The third-order valence-corrected chi connectivity index (χ3v) is 7.54. The summed E-state index contributed by atoms with van der Waals surface area (Å²) >= 11 is 0. The van der Waals surface area contributed by atoms with Crippen molar-refractivity contribution in [3.05, 3.63) is 145 Å². The van der Waals surface area contributed by atoms with E-state index in [2.05, 4.69) is 72.8 Å². The molecular formula is C38H22N4. The van der Waals surface area contributed by atoms with Crippen LogP contribution in [0.1, 0.15) is 11.1 Å². The lowest BCUT2D eigenvalue weighted by molar-refractivity contribution is 1.23. The van der Waals surface area contributed by atoms with Gasteiger partial charge < -0.3 is 0 Å². The zero-order valence-corrected chi connectivity index (χ0v) is 22.5. The normalized spacial score (nSPS) is 10.8. The summed E-state index contributed by atoms with van der Waals surface area (Å²) in [5.74, 6) is 0.691. The smallest absolute Gasteiger partial charge is 0.161 e. The van der Waals surface area contributed by atoms with Crippen molar-refractivity contribution in [1.29, 1.82) is 10.5 Å². The Morgan fingerprint density at radius 3 is 1.69 bits per heavy atom. The topological polar surface area (TPSA) is 73.4 Å². The van der Waals surface area contributed by atoms with E-state index in [4.69, 9.17) is 9.97 Å². The number of rotatable bonds is 4. The third-order valence-electron chi connectivity index (χ3n) is 7.54. The fourth-order valence-electron chi connectivity index (χ4n) is 5.52. The van der Waals surface area contributed by atoms with Crippen molar-refractivity contribution in [3.8, 4) is 57.0 Å². The van der Waals surface area contributed by atoms with Gasteiger partial charge in [0.05, 0.1) is 34.5 Å². The minimum Gasteiger partial charge on any atom is -0.228 e. The van der Waals surface area contributed by atoms with Gasteiger partial charge >= 0.3 is 0 Å². The van der Waals surface area contributed by atoms with Crippen LogP contribution >= 0.6 is 0 Å². The Labute approximate surface area is 243 Å². The van der Waals surface area contributed by atoms with E-state index in [9.17, 15) is 10.5 Å². The van der Waals surface area contributed by atoms with Crippen LogP contribution in [-0.2, 0) is 0 Å². The van der Waals surface area contributed by atoms with E-state index in [-0.39, 0.29) is 0 Å². The molecule has 0 saturated carbocycles. The van der Waals surface area contributed by atoms with Crippen LogP contribution in [0.3, 0.4) is 0 Å². The molecule has 1 aromatic heterocycles. The highest BCUT2D eigenvalue weighted by Gasteiger charge is 2.15. The molecule has 0 spiro atoms. The Bertz CT molecular complexity index is 2170. The van der Waals surface area contributed by atoms with Gasteiger partial charge in [0.1, 0.15) is 0 Å². The molecule has 0 saturated heterocycles. The maximum Gasteiger partial charge on any atom is 0.161 e. The van der Waals surface area contributed by atoms with Crippen LogP contribution < -0.4 is 0 Å². The number of nitriles is 2. The second-order valence-corrected chi connectivity index (χ2v) is 10.1. The average molecular weight is 535 g/mol. The lowest BCUT2D eigenvalue weighted by Crippen LogP contribution is -1.96. The molecule has 0 atom stereocenters. The second-order valence-electron chi connectivity index (χ2n) is 10.1. The van der Waals surface area contributed by atoms with Gasteiger partial charge in [0.2, 0.25) is 0 Å². The minimum absolute atomic E-state index is 0.473. The van der Waals surface area contributed by atoms with Gasteiger partial charge in [0.25, 0.3) is 0 Å². The first-order valence-corrected chi connectivity index (χ1v) is 13.6. The third kappa shape index (κ3) is 4.44. The van der Waals surface area contributed by atoms with Gasteiger partial charge in [0, 0.05) is 16.5 Å². The Balaban J connectivity index is 1.35. The molecule has 4 heteroatoms. The second kappa shape index (κ2) is 10.5. The molecule has 194 valence electrons. The lowest BCUT2D eigenvalue weighted by Gasteiger charge is -2.14. The number of hydrogen-bond acceptors (Lipinski definition) is 4. The zero-order chi connectivity index (χ0) is 28.5. The fraction of sp³-hybridized carbons (Fsp3) is 0. The first kappa shape index (κ1) is 24.9. The molecule has 0 aliphatic rings. The van der Waals surface area contributed by atoms with Crippen LogP contribution in [0.15, 0.2) is 133 Å². The van der Waals surface area contributed by atoms with Crippen LogP contribution in [0.25, 0.3) is 66.6 Å². The van der Waals surface area contributed by atoms with E-state index in [0.29, 0.717) is 17.0 Å². The number of fused-ring (bicyclic) bond motifs is 2. The standard InChI is InChI=1S/C38H22N4/c39-23-25-20-26(24-40)22-30(21-25)27-14-16-28(17-15-27)31-18-19-34(33-11-5-4-10-32(31)33)38-41-36-13-7-6-12-35(36)37(42-38)29-8-2-1-3-9-29/h1-22H. The number of hydrogen-bond donors (Lipinski definition) is 0. The van der Waals surface area contributed by atoms with E-state index in [1.54, 1.807) is 6.07 Å². The molecule has 0 radical (unpaired) electrons. The quantitative estimate of drug-likeness (QED) is 0.226. The molecule has 0 fully saturated rings. The SMILES string of the molecule is N#Cc1cc(C#N)cc(-c2ccc(-c3ccc(-c4nc(-c5ccccc5)c5ccccc5n4)c4ccccc34)cc2)c1. The average Bonchev–Trinajstić information content (AvgIpc) is 3.07. The van der Waals surface area contributed by atoms with Crippen molar-refractivity contribution in [2.75, 3.05) is 0 Å². The van der Waals surface area contributed by atoms with Crippen LogP contribution in [-0.4, -0.2) is 9.97 Å². The summed E-state index contributed by atoms with van der Waals surface area (Å²) in [5, 5.41) is 22.0. The predicted molar refractivity (Wildman–Crippen MR) is 168 cm³/mol. The van der Waals surface area contributed by atoms with E-state index in [1.165, 1.54) is 0 Å². The molecule has 0 amide bonds. The Morgan fingerprint density at radius 1 is 0.429 bits per heavy atom. The molecule has 7 rings (SSSR count). The summed E-state index contributed by atoms with van der Waals surface area (Å²) in [6, 6.07) is 48.8. The van der Waals surface area contributed by atoms with Gasteiger partial charge in [-0.15, -0.1) is 0 Å². The van der Waals surface area contributed by atoms with Crippen molar-refractivity contribution < 1.29 is 0 Å². The monoisotopic (exact) mass is 534 g/mol. The highest BCUT2D eigenvalue weighted by molar-refractivity contribution is 6.05. The molecule has 0 N–H and O–H groups in total. The fourth-order valence-corrected chi connectivity index (χ4v) is 5.52. The first-order chi connectivity index (χ1) is 20.7. The van der Waals surface area contributed by atoms with Gasteiger partial charge in [-0.05, 0) is 63.4 Å². The van der Waals surface area contributed by atoms with Gasteiger partial charge in [-0.3, -0.25) is 0 Å². The highest BCUT2D eigenvalue weighted by Crippen LogP contribution is 2.37. The van der Waals surface area contributed by atoms with Crippen molar-refractivity contribution in [2.24, 2.45) is 0 Å². The largest absolute Gasteiger partial charge is 0.228 e. The van der Waals surface area contributed by atoms with Crippen LogP contribution in [0.4, 0.5) is 0 Å². The van der Waals surface area contributed by atoms with E-state index < -0.39 is 0 Å². The molecule has 42 heavy (non-hydrogen) atoms. The maximum absolute atomic E-state index is 9.38. The molecule has 7 aromatic rings. The Kier molecular flexibility index (Phi) is 6.21. The van der Waals surface area contributed by atoms with Crippen molar-refractivity contribution in [2.45, 2.75) is 0 Å². The van der Waals surface area contributed by atoms with E-state index >= 15 is 0 Å². The molecule has 0 aliphatic heterocycles. The van der Waals surface area contributed by atoms with Crippen LogP contribution in [0.2, 0.25) is 0 Å². The summed E-state index contributed by atoms with van der Waals surface area (Å²) in [6.07, 6.45) is 0. The van der Waals surface area contributed by atoms with Gasteiger partial charge in [-0.2, -0.15) is 10.5 Å². The van der Waals surface area contributed by atoms with Crippen LogP contribution in [0.5, 0.6) is 0 Å². The van der Waals surface area contributed by atoms with E-state index in [0.717, 1.165) is 60.8 Å². The zero-order valence-electron chi connectivity index (χ0n) is 22.5. The number of para-hydroxylation sites is 1. The summed E-state index contributed by atoms with van der Waals surface area (Å²) < 4.78 is 0. The Morgan fingerprint density at radius 2 is 1.00 bits per heavy atom.